The van der Waals surface area contributed by atoms with Gasteiger partial charge in [-0.15, -0.1) is 0 Å². The van der Waals surface area contributed by atoms with Gasteiger partial charge in [-0.1, -0.05) is 30.2 Å². The second-order valence-electron chi connectivity index (χ2n) is 5.05. The van der Waals surface area contributed by atoms with E-state index in [1.165, 1.54) is 26.4 Å². The Morgan fingerprint density at radius 3 is 2.73 bits per heavy atom. The third kappa shape index (κ3) is 5.06. The molecule has 26 heavy (non-hydrogen) atoms. The molecule has 0 spiro atoms. The van der Waals surface area contributed by atoms with Crippen LogP contribution >= 0.6 is 11.6 Å². The van der Waals surface area contributed by atoms with Crippen molar-refractivity contribution in [2.75, 3.05) is 14.2 Å². The lowest BCUT2D eigenvalue weighted by atomic mass is 10.2. The van der Waals surface area contributed by atoms with Gasteiger partial charge in [0.1, 0.15) is 17.2 Å². The molecule has 2 rings (SSSR count). The quantitative estimate of drug-likeness (QED) is 0.377. The van der Waals surface area contributed by atoms with Crippen LogP contribution < -0.4 is 5.32 Å². The molecule has 0 amide bonds. The van der Waals surface area contributed by atoms with Gasteiger partial charge in [-0.05, 0) is 36.3 Å². The smallest absolute Gasteiger partial charge is 0.353 e. The zero-order valence-corrected chi connectivity index (χ0v) is 14.9. The minimum absolute atomic E-state index is 0.0286. The van der Waals surface area contributed by atoms with Crippen molar-refractivity contribution in [3.63, 3.8) is 0 Å². The molecular weight excluding hydrogens is 359 g/mol. The Hall–Kier alpha value is -2.88. The van der Waals surface area contributed by atoms with Crippen LogP contribution in [0, 0.1) is 17.7 Å². The number of carbonyl (C=O) groups is 1. The summed E-state index contributed by atoms with van der Waals surface area (Å²) in [5.41, 5.74) is 1.12. The van der Waals surface area contributed by atoms with Gasteiger partial charge in [0.05, 0.1) is 18.4 Å². The molecule has 1 atom stereocenters. The molecule has 0 bridgehead atoms. The molecule has 0 aliphatic rings. The Kier molecular flexibility index (Phi) is 6.73. The molecule has 1 unspecified atom stereocenters. The summed E-state index contributed by atoms with van der Waals surface area (Å²) in [7, 11) is 2.70. The van der Waals surface area contributed by atoms with E-state index in [4.69, 9.17) is 16.3 Å². The third-order valence-electron chi connectivity index (χ3n) is 3.27. The van der Waals surface area contributed by atoms with Gasteiger partial charge in [-0.2, -0.15) is 0 Å². The van der Waals surface area contributed by atoms with Crippen LogP contribution in [-0.2, 0) is 14.3 Å². The molecular formula is C19H16ClFN2O3. The van der Waals surface area contributed by atoms with E-state index in [1.807, 2.05) is 0 Å². The van der Waals surface area contributed by atoms with Crippen LogP contribution in [-0.4, -0.2) is 25.2 Å². The maximum absolute atomic E-state index is 13.8. The van der Waals surface area contributed by atoms with Crippen molar-refractivity contribution >= 4 is 17.6 Å². The highest BCUT2D eigenvalue weighted by atomic mass is 35.5. The van der Waals surface area contributed by atoms with Gasteiger partial charge in [0.15, 0.2) is 6.23 Å². The van der Waals surface area contributed by atoms with Gasteiger partial charge in [0, 0.05) is 12.1 Å². The van der Waals surface area contributed by atoms with Crippen LogP contribution in [0.25, 0.3) is 0 Å². The van der Waals surface area contributed by atoms with Crippen LogP contribution in [0.2, 0.25) is 5.02 Å². The number of methoxy groups -OCH3 is 2. The number of aromatic nitrogens is 1. The summed E-state index contributed by atoms with van der Waals surface area (Å²) >= 11 is 5.72. The van der Waals surface area contributed by atoms with Gasteiger partial charge < -0.3 is 14.8 Å². The zero-order chi connectivity index (χ0) is 19.1. The lowest BCUT2D eigenvalue weighted by Gasteiger charge is -2.18. The Balaban J connectivity index is 2.23. The molecule has 0 radical (unpaired) electrons. The highest BCUT2D eigenvalue weighted by Gasteiger charge is 2.16. The first-order chi connectivity index (χ1) is 12.4. The Bertz CT molecular complexity index is 890. The number of benzene rings is 1. The highest BCUT2D eigenvalue weighted by Crippen LogP contribution is 2.15. The molecule has 0 fully saturated rings. The van der Waals surface area contributed by atoms with Gasteiger partial charge in [0.25, 0.3) is 0 Å². The average molecular weight is 375 g/mol. The molecule has 0 aliphatic heterocycles. The van der Waals surface area contributed by atoms with E-state index in [1.54, 1.807) is 24.3 Å². The average Bonchev–Trinajstić information content (AvgIpc) is 2.64. The van der Waals surface area contributed by atoms with E-state index in [2.05, 4.69) is 33.5 Å². The Morgan fingerprint density at radius 1 is 1.31 bits per heavy atom. The number of rotatable bonds is 5. The van der Waals surface area contributed by atoms with E-state index in [0.717, 1.165) is 0 Å². The minimum Gasteiger partial charge on any atom is -0.464 e. The van der Waals surface area contributed by atoms with Crippen molar-refractivity contribution in [1.82, 2.24) is 10.3 Å². The van der Waals surface area contributed by atoms with Crippen molar-refractivity contribution in [1.29, 1.82) is 0 Å². The topological polar surface area (TPSA) is 60.5 Å². The summed E-state index contributed by atoms with van der Waals surface area (Å²) in [6, 6.07) is 9.33. The van der Waals surface area contributed by atoms with Crippen LogP contribution in [0.5, 0.6) is 0 Å². The zero-order valence-electron chi connectivity index (χ0n) is 14.2. The molecule has 134 valence electrons. The van der Waals surface area contributed by atoms with Gasteiger partial charge in [0.2, 0.25) is 0 Å². The lowest BCUT2D eigenvalue weighted by Crippen LogP contribution is -2.27. The molecule has 5 nitrogen and oxygen atoms in total. The second kappa shape index (κ2) is 8.99. The number of ether oxygens (including phenoxy) is 2. The number of pyridine rings is 1. The first-order valence-corrected chi connectivity index (χ1v) is 7.83. The van der Waals surface area contributed by atoms with E-state index in [0.29, 0.717) is 16.4 Å². The summed E-state index contributed by atoms with van der Waals surface area (Å²) in [5, 5.41) is 3.07. The molecule has 1 aromatic heterocycles. The first kappa shape index (κ1) is 19.4. The van der Waals surface area contributed by atoms with Crippen molar-refractivity contribution < 1.29 is 18.7 Å². The van der Waals surface area contributed by atoms with Gasteiger partial charge >= 0.3 is 5.97 Å². The standard InChI is InChI=1S/C19H16ClFN2O3/c1-12(19(24)26-3)22-18(25-2)17-6-4-5-15(23-17)10-8-13-7-9-14(20)11-16(13)21/h4-7,9,11,18,22H,1H2,2-3H3. The van der Waals surface area contributed by atoms with Crippen molar-refractivity contribution in [2.24, 2.45) is 0 Å². The largest absolute Gasteiger partial charge is 0.464 e. The lowest BCUT2D eigenvalue weighted by molar-refractivity contribution is -0.137. The molecule has 0 saturated heterocycles. The van der Waals surface area contributed by atoms with Crippen molar-refractivity contribution in [3.8, 4) is 11.8 Å². The fraction of sp³-hybridized carbons (Fsp3) is 0.158. The number of esters is 1. The minimum atomic E-state index is -0.726. The number of hydrogen-bond donors (Lipinski definition) is 1. The van der Waals surface area contributed by atoms with Crippen LogP contribution in [0.1, 0.15) is 23.2 Å². The van der Waals surface area contributed by atoms with Crippen molar-refractivity contribution in [3.05, 3.63) is 76.5 Å². The van der Waals surface area contributed by atoms with E-state index < -0.39 is 18.0 Å². The fourth-order valence-electron chi connectivity index (χ4n) is 1.98. The third-order valence-corrected chi connectivity index (χ3v) is 3.50. The predicted molar refractivity (Wildman–Crippen MR) is 95.7 cm³/mol. The maximum Gasteiger partial charge on any atom is 0.353 e. The Labute approximate surface area is 155 Å². The number of halogens is 2. The maximum atomic E-state index is 13.8. The summed E-state index contributed by atoms with van der Waals surface area (Å²) in [6.45, 7) is 3.58. The van der Waals surface area contributed by atoms with Crippen LogP contribution in [0.4, 0.5) is 4.39 Å². The molecule has 2 aromatic rings. The van der Waals surface area contributed by atoms with E-state index >= 15 is 0 Å². The molecule has 7 heteroatoms. The normalized spacial score (nSPS) is 11.1. The summed E-state index contributed by atoms with van der Waals surface area (Å²) in [4.78, 5) is 15.8. The molecule has 1 N–H and O–H groups in total. The monoisotopic (exact) mass is 374 g/mol. The summed E-state index contributed by atoms with van der Waals surface area (Å²) in [5.74, 6) is 4.38. The number of carbonyl (C=O) groups excluding carboxylic acids is 1. The van der Waals surface area contributed by atoms with Crippen LogP contribution in [0.3, 0.4) is 0 Å². The molecule has 0 saturated carbocycles. The molecule has 1 aromatic carbocycles. The number of nitrogens with zero attached hydrogens (tertiary/aromatic N) is 1. The molecule has 0 aliphatic carbocycles. The first-order valence-electron chi connectivity index (χ1n) is 7.45. The molecule has 1 heterocycles. The van der Waals surface area contributed by atoms with Crippen LogP contribution in [0.15, 0.2) is 48.7 Å². The SMILES string of the molecule is C=C(NC(OC)c1cccc(C#Cc2ccc(Cl)cc2F)n1)C(=O)OC. The summed E-state index contributed by atoms with van der Waals surface area (Å²) < 4.78 is 23.6. The highest BCUT2D eigenvalue weighted by molar-refractivity contribution is 6.30. The van der Waals surface area contributed by atoms with Gasteiger partial charge in [-0.3, -0.25) is 0 Å². The van der Waals surface area contributed by atoms with E-state index in [-0.39, 0.29) is 11.3 Å². The predicted octanol–water partition coefficient (Wildman–Crippen LogP) is 3.20. The second-order valence-corrected chi connectivity index (χ2v) is 5.49. The van der Waals surface area contributed by atoms with E-state index in [9.17, 15) is 9.18 Å². The Morgan fingerprint density at radius 2 is 2.08 bits per heavy atom. The van der Waals surface area contributed by atoms with Crippen molar-refractivity contribution in [2.45, 2.75) is 6.23 Å². The summed E-state index contributed by atoms with van der Waals surface area (Å²) in [6.07, 6.45) is -0.726. The number of hydrogen-bond acceptors (Lipinski definition) is 5. The van der Waals surface area contributed by atoms with Gasteiger partial charge in [-0.25, -0.2) is 14.2 Å². The number of nitrogens with one attached hydrogen (secondary N) is 1. The fourth-order valence-corrected chi connectivity index (χ4v) is 2.14.